The molecule has 0 radical (unpaired) electrons. The molecular weight excluding hydrogens is 164 g/mol. The maximum atomic E-state index is 11.2. The van der Waals surface area contributed by atoms with E-state index in [1.165, 1.54) is 0 Å². The summed E-state index contributed by atoms with van der Waals surface area (Å²) in [7, 11) is 1.80. The van der Waals surface area contributed by atoms with Gasteiger partial charge in [-0.15, -0.1) is 0 Å². The van der Waals surface area contributed by atoms with E-state index in [1.54, 1.807) is 11.9 Å². The van der Waals surface area contributed by atoms with Gasteiger partial charge in [0.05, 0.1) is 12.0 Å². The molecule has 1 heterocycles. The van der Waals surface area contributed by atoms with Gasteiger partial charge in [-0.3, -0.25) is 4.79 Å². The van der Waals surface area contributed by atoms with Gasteiger partial charge in [-0.1, -0.05) is 13.8 Å². The van der Waals surface area contributed by atoms with Crippen molar-refractivity contribution >= 4 is 5.91 Å². The number of rotatable bonds is 2. The molecule has 3 nitrogen and oxygen atoms in total. The fourth-order valence-electron chi connectivity index (χ4n) is 1.94. The highest BCUT2D eigenvalue weighted by molar-refractivity contribution is 5.78. The van der Waals surface area contributed by atoms with Crippen molar-refractivity contribution in [3.05, 3.63) is 0 Å². The van der Waals surface area contributed by atoms with Crippen LogP contribution in [-0.2, 0) is 4.79 Å². The van der Waals surface area contributed by atoms with E-state index < -0.39 is 0 Å². The van der Waals surface area contributed by atoms with Crippen LogP contribution in [0, 0.1) is 29.1 Å². The van der Waals surface area contributed by atoms with Gasteiger partial charge in [-0.05, 0) is 5.92 Å². The van der Waals surface area contributed by atoms with Crippen molar-refractivity contribution in [3.8, 4) is 6.07 Å². The molecule has 0 bridgehead atoms. The van der Waals surface area contributed by atoms with E-state index >= 15 is 0 Å². The molecule has 0 aromatic carbocycles. The van der Waals surface area contributed by atoms with E-state index in [0.717, 1.165) is 6.54 Å². The normalized spacial score (nSPS) is 25.0. The molecule has 0 aromatic rings. The molecule has 2 unspecified atom stereocenters. The van der Waals surface area contributed by atoms with Crippen molar-refractivity contribution in [1.82, 2.24) is 4.90 Å². The van der Waals surface area contributed by atoms with Crippen molar-refractivity contribution in [3.63, 3.8) is 0 Å². The van der Waals surface area contributed by atoms with Crippen LogP contribution in [0.5, 0.6) is 0 Å². The second-order valence-electron chi connectivity index (χ2n) is 4.14. The summed E-state index contributed by atoms with van der Waals surface area (Å²) in [4.78, 5) is 13.0. The molecule has 13 heavy (non-hydrogen) atoms. The third kappa shape index (κ3) is 2.00. The molecule has 0 aromatic heterocycles. The molecule has 1 aliphatic rings. The first-order chi connectivity index (χ1) is 6.06. The van der Waals surface area contributed by atoms with Crippen LogP contribution in [0.2, 0.25) is 0 Å². The maximum Gasteiger partial charge on any atom is 0.222 e. The van der Waals surface area contributed by atoms with Crippen molar-refractivity contribution in [2.45, 2.75) is 20.3 Å². The van der Waals surface area contributed by atoms with E-state index in [4.69, 9.17) is 5.26 Å². The zero-order valence-corrected chi connectivity index (χ0v) is 8.45. The molecule has 1 saturated heterocycles. The second-order valence-corrected chi connectivity index (χ2v) is 4.14. The van der Waals surface area contributed by atoms with Crippen molar-refractivity contribution in [1.29, 1.82) is 5.26 Å². The number of hydrogen-bond donors (Lipinski definition) is 0. The smallest absolute Gasteiger partial charge is 0.222 e. The van der Waals surface area contributed by atoms with Gasteiger partial charge in [0.1, 0.15) is 0 Å². The SMILES string of the molecule is CC(C)C(C#N)C1CC(=O)N(C)C1. The van der Waals surface area contributed by atoms with Crippen LogP contribution in [0.15, 0.2) is 0 Å². The van der Waals surface area contributed by atoms with Crippen LogP contribution in [-0.4, -0.2) is 24.4 Å². The Kier molecular flexibility index (Phi) is 2.92. The zero-order valence-electron chi connectivity index (χ0n) is 8.45. The number of carbonyl (C=O) groups excluding carboxylic acids is 1. The topological polar surface area (TPSA) is 44.1 Å². The Bertz CT molecular complexity index is 242. The van der Waals surface area contributed by atoms with Crippen LogP contribution in [0.25, 0.3) is 0 Å². The number of carbonyl (C=O) groups is 1. The van der Waals surface area contributed by atoms with Gasteiger partial charge in [-0.2, -0.15) is 5.26 Å². The van der Waals surface area contributed by atoms with Gasteiger partial charge in [0.25, 0.3) is 0 Å². The monoisotopic (exact) mass is 180 g/mol. The zero-order chi connectivity index (χ0) is 10.0. The van der Waals surface area contributed by atoms with E-state index in [0.29, 0.717) is 12.3 Å². The minimum atomic E-state index is 0.0221. The largest absolute Gasteiger partial charge is 0.345 e. The van der Waals surface area contributed by atoms with E-state index in [2.05, 4.69) is 6.07 Å². The molecule has 2 atom stereocenters. The lowest BCUT2D eigenvalue weighted by Crippen LogP contribution is -2.23. The first kappa shape index (κ1) is 10.0. The average molecular weight is 180 g/mol. The Morgan fingerprint density at radius 3 is 2.54 bits per heavy atom. The number of nitrogens with zero attached hydrogens (tertiary/aromatic N) is 2. The summed E-state index contributed by atoms with van der Waals surface area (Å²) in [5, 5.41) is 8.95. The summed E-state index contributed by atoms with van der Waals surface area (Å²) in [6.07, 6.45) is 0.549. The molecule has 0 aliphatic carbocycles. The predicted octanol–water partition coefficient (Wildman–Crippen LogP) is 1.26. The van der Waals surface area contributed by atoms with E-state index in [-0.39, 0.29) is 17.7 Å². The quantitative estimate of drug-likeness (QED) is 0.642. The van der Waals surface area contributed by atoms with Gasteiger partial charge in [0.15, 0.2) is 0 Å². The summed E-state index contributed by atoms with van der Waals surface area (Å²) < 4.78 is 0. The summed E-state index contributed by atoms with van der Waals surface area (Å²) in [6, 6.07) is 2.31. The molecule has 1 aliphatic heterocycles. The van der Waals surface area contributed by atoms with E-state index in [9.17, 15) is 4.79 Å². The van der Waals surface area contributed by atoms with Crippen LogP contribution >= 0.6 is 0 Å². The Labute approximate surface area is 79.3 Å². The molecule has 72 valence electrons. The molecule has 3 heteroatoms. The van der Waals surface area contributed by atoms with Gasteiger partial charge in [-0.25, -0.2) is 0 Å². The Balaban J connectivity index is 2.64. The van der Waals surface area contributed by atoms with Crippen molar-refractivity contribution in [2.24, 2.45) is 17.8 Å². The third-order valence-corrected chi connectivity index (χ3v) is 2.75. The Morgan fingerprint density at radius 2 is 2.23 bits per heavy atom. The van der Waals surface area contributed by atoms with Crippen LogP contribution in [0.3, 0.4) is 0 Å². The fourth-order valence-corrected chi connectivity index (χ4v) is 1.94. The van der Waals surface area contributed by atoms with Gasteiger partial charge < -0.3 is 4.90 Å². The van der Waals surface area contributed by atoms with E-state index in [1.807, 2.05) is 13.8 Å². The molecule has 0 saturated carbocycles. The number of hydrogen-bond acceptors (Lipinski definition) is 2. The summed E-state index contributed by atoms with van der Waals surface area (Å²) in [5.41, 5.74) is 0. The average Bonchev–Trinajstić information content (AvgIpc) is 2.32. The maximum absolute atomic E-state index is 11.2. The molecule has 1 fully saturated rings. The lowest BCUT2D eigenvalue weighted by molar-refractivity contribution is -0.126. The third-order valence-electron chi connectivity index (χ3n) is 2.75. The van der Waals surface area contributed by atoms with Crippen molar-refractivity contribution < 1.29 is 4.79 Å². The highest BCUT2D eigenvalue weighted by Crippen LogP contribution is 2.28. The highest BCUT2D eigenvalue weighted by Gasteiger charge is 2.34. The summed E-state index contributed by atoms with van der Waals surface area (Å²) in [5.74, 6) is 0.775. The molecule has 1 rings (SSSR count). The highest BCUT2D eigenvalue weighted by atomic mass is 16.2. The first-order valence-electron chi connectivity index (χ1n) is 4.69. The predicted molar refractivity (Wildman–Crippen MR) is 49.7 cm³/mol. The Morgan fingerprint density at radius 1 is 1.62 bits per heavy atom. The summed E-state index contributed by atoms with van der Waals surface area (Å²) >= 11 is 0. The van der Waals surface area contributed by atoms with Crippen molar-refractivity contribution in [2.75, 3.05) is 13.6 Å². The number of nitriles is 1. The van der Waals surface area contributed by atoms with Gasteiger partial charge in [0.2, 0.25) is 5.91 Å². The summed E-state index contributed by atoms with van der Waals surface area (Å²) in [6.45, 7) is 4.82. The first-order valence-corrected chi connectivity index (χ1v) is 4.69. The molecular formula is C10H16N2O. The lowest BCUT2D eigenvalue weighted by atomic mass is 9.84. The van der Waals surface area contributed by atoms with Gasteiger partial charge in [0, 0.05) is 25.9 Å². The molecule has 0 spiro atoms. The standard InChI is InChI=1S/C10H16N2O/c1-7(2)9(5-11)8-4-10(13)12(3)6-8/h7-9H,4,6H2,1-3H3. The molecule has 0 N–H and O–H groups in total. The van der Waals surface area contributed by atoms with Crippen LogP contribution < -0.4 is 0 Å². The van der Waals surface area contributed by atoms with Crippen LogP contribution in [0.4, 0.5) is 0 Å². The minimum absolute atomic E-state index is 0.0221. The number of amides is 1. The fraction of sp³-hybridized carbons (Fsp3) is 0.800. The number of likely N-dealkylation sites (tertiary alicyclic amines) is 1. The molecule has 1 amide bonds. The second kappa shape index (κ2) is 3.78. The van der Waals surface area contributed by atoms with Crippen LogP contribution in [0.1, 0.15) is 20.3 Å². The minimum Gasteiger partial charge on any atom is -0.345 e. The Hall–Kier alpha value is -1.04. The lowest BCUT2D eigenvalue weighted by Gasteiger charge is -2.19. The van der Waals surface area contributed by atoms with Gasteiger partial charge >= 0.3 is 0 Å².